The molecule has 0 aliphatic heterocycles. The monoisotopic (exact) mass is 573 g/mol. The third kappa shape index (κ3) is 22.3. The first-order valence-corrected chi connectivity index (χ1v) is 18.1. The molecule has 0 saturated carbocycles. The zero-order valence-electron chi connectivity index (χ0n) is 26.4. The van der Waals surface area contributed by atoms with Crippen molar-refractivity contribution in [3.05, 3.63) is 41.8 Å². The maximum atomic E-state index is 12.3. The highest BCUT2D eigenvalue weighted by Crippen LogP contribution is 2.23. The standard InChI is InChI=1S/C36H63NO2S/c1-3-5-7-9-11-12-13-14-15-16-17-18-19-21-23-27-31-40-36(38)32-35(37)39-34-30-26-25-29-33(34)28-24-22-20-10-8-6-4-2/h25-26,29-30,32H,3-24,27-28,31,37H2,1-2H3. The number of carbonyl (C=O) groups excluding carboxylic acids is 1. The summed E-state index contributed by atoms with van der Waals surface area (Å²) in [7, 11) is 0. The predicted octanol–water partition coefficient (Wildman–Crippen LogP) is 11.7. The van der Waals surface area contributed by atoms with Crippen LogP contribution in [-0.2, 0) is 11.2 Å². The van der Waals surface area contributed by atoms with Crippen LogP contribution in [0.15, 0.2) is 36.2 Å². The third-order valence-electron chi connectivity index (χ3n) is 7.75. The Morgan fingerprint density at radius 1 is 0.650 bits per heavy atom. The number of carbonyl (C=O) groups is 1. The second-order valence-electron chi connectivity index (χ2n) is 11.6. The number of unbranched alkanes of at least 4 members (excludes halogenated alkanes) is 21. The Bertz CT molecular complexity index is 748. The average molecular weight is 574 g/mol. The molecule has 0 unspecified atom stereocenters. The molecule has 230 valence electrons. The summed E-state index contributed by atoms with van der Waals surface area (Å²) >= 11 is 1.36. The number of nitrogens with two attached hydrogens (primary N) is 1. The molecule has 0 radical (unpaired) electrons. The number of benzene rings is 1. The third-order valence-corrected chi connectivity index (χ3v) is 8.65. The van der Waals surface area contributed by atoms with E-state index < -0.39 is 0 Å². The Morgan fingerprint density at radius 3 is 1.57 bits per heavy atom. The quantitative estimate of drug-likeness (QED) is 0.0615. The highest BCUT2D eigenvalue weighted by molar-refractivity contribution is 8.14. The van der Waals surface area contributed by atoms with Gasteiger partial charge in [0.2, 0.25) is 5.12 Å². The van der Waals surface area contributed by atoms with E-state index >= 15 is 0 Å². The van der Waals surface area contributed by atoms with E-state index in [1.807, 2.05) is 18.2 Å². The predicted molar refractivity (Wildman–Crippen MR) is 178 cm³/mol. The lowest BCUT2D eigenvalue weighted by molar-refractivity contribution is -0.107. The number of rotatable bonds is 28. The van der Waals surface area contributed by atoms with Gasteiger partial charge in [0.15, 0.2) is 5.88 Å². The molecule has 0 atom stereocenters. The van der Waals surface area contributed by atoms with E-state index in [9.17, 15) is 4.79 Å². The van der Waals surface area contributed by atoms with Gasteiger partial charge >= 0.3 is 0 Å². The van der Waals surface area contributed by atoms with E-state index in [-0.39, 0.29) is 11.0 Å². The molecule has 40 heavy (non-hydrogen) atoms. The first-order chi connectivity index (χ1) is 19.7. The largest absolute Gasteiger partial charge is 0.441 e. The molecular weight excluding hydrogens is 510 g/mol. The molecule has 0 aliphatic rings. The van der Waals surface area contributed by atoms with Gasteiger partial charge in [-0.25, -0.2) is 0 Å². The maximum absolute atomic E-state index is 12.3. The van der Waals surface area contributed by atoms with Gasteiger partial charge in [-0.05, 0) is 30.9 Å². The van der Waals surface area contributed by atoms with Gasteiger partial charge in [-0.3, -0.25) is 4.79 Å². The van der Waals surface area contributed by atoms with Crippen molar-refractivity contribution in [1.29, 1.82) is 0 Å². The van der Waals surface area contributed by atoms with Crippen LogP contribution in [0.1, 0.15) is 167 Å². The summed E-state index contributed by atoms with van der Waals surface area (Å²) in [4.78, 5) is 12.3. The number of hydrogen-bond donors (Lipinski definition) is 1. The maximum Gasteiger partial charge on any atom is 0.217 e. The molecular formula is C36H63NO2S. The second-order valence-corrected chi connectivity index (χ2v) is 12.7. The summed E-state index contributed by atoms with van der Waals surface area (Å²) < 4.78 is 5.87. The van der Waals surface area contributed by atoms with Gasteiger partial charge in [-0.15, -0.1) is 0 Å². The van der Waals surface area contributed by atoms with Gasteiger partial charge < -0.3 is 10.5 Å². The van der Waals surface area contributed by atoms with Crippen molar-refractivity contribution >= 4 is 16.9 Å². The van der Waals surface area contributed by atoms with Crippen LogP contribution in [0, 0.1) is 0 Å². The summed E-state index contributed by atoms with van der Waals surface area (Å²) in [6, 6.07) is 8.06. The lowest BCUT2D eigenvalue weighted by Gasteiger charge is -2.11. The number of hydrogen-bond acceptors (Lipinski definition) is 4. The molecule has 0 spiro atoms. The molecule has 0 aliphatic carbocycles. The molecule has 0 amide bonds. The van der Waals surface area contributed by atoms with Crippen LogP contribution in [0.2, 0.25) is 0 Å². The van der Waals surface area contributed by atoms with E-state index in [2.05, 4.69) is 19.9 Å². The van der Waals surface area contributed by atoms with Crippen LogP contribution in [-0.4, -0.2) is 10.9 Å². The van der Waals surface area contributed by atoms with Crippen LogP contribution in [0.5, 0.6) is 5.75 Å². The van der Waals surface area contributed by atoms with Gasteiger partial charge in [0, 0.05) is 5.75 Å². The smallest absolute Gasteiger partial charge is 0.217 e. The Balaban J connectivity index is 2.04. The van der Waals surface area contributed by atoms with E-state index in [0.29, 0.717) is 0 Å². The number of ether oxygens (including phenoxy) is 1. The summed E-state index contributed by atoms with van der Waals surface area (Å²) in [6.07, 6.45) is 33.3. The van der Waals surface area contributed by atoms with Gasteiger partial charge in [-0.2, -0.15) is 0 Å². The van der Waals surface area contributed by atoms with Crippen molar-refractivity contribution in [3.63, 3.8) is 0 Å². The van der Waals surface area contributed by atoms with Crippen LogP contribution in [0.25, 0.3) is 0 Å². The lowest BCUT2D eigenvalue weighted by Crippen LogP contribution is -2.09. The fourth-order valence-electron chi connectivity index (χ4n) is 5.22. The van der Waals surface area contributed by atoms with Gasteiger partial charge in [0.1, 0.15) is 5.75 Å². The normalized spacial score (nSPS) is 11.7. The molecule has 2 N–H and O–H groups in total. The van der Waals surface area contributed by atoms with Gasteiger partial charge in [0.05, 0.1) is 6.08 Å². The first kappa shape index (κ1) is 36.6. The molecule has 3 nitrogen and oxygen atoms in total. The van der Waals surface area contributed by atoms with Gasteiger partial charge in [-0.1, -0.05) is 179 Å². The molecule has 1 rings (SSSR count). The number of thioether (sulfide) groups is 1. The highest BCUT2D eigenvalue weighted by atomic mass is 32.2. The van der Waals surface area contributed by atoms with Crippen molar-refractivity contribution in [3.8, 4) is 5.75 Å². The summed E-state index contributed by atoms with van der Waals surface area (Å²) in [6.45, 7) is 4.54. The molecule has 0 heterocycles. The average Bonchev–Trinajstić information content (AvgIpc) is 2.95. The molecule has 1 aromatic rings. The lowest BCUT2D eigenvalue weighted by atomic mass is 10.0. The molecule has 0 bridgehead atoms. The second kappa shape index (κ2) is 27.7. The molecule has 0 aromatic heterocycles. The topological polar surface area (TPSA) is 52.3 Å². The van der Waals surface area contributed by atoms with E-state index in [1.165, 1.54) is 158 Å². The first-order valence-electron chi connectivity index (χ1n) is 17.1. The van der Waals surface area contributed by atoms with Crippen LogP contribution < -0.4 is 10.5 Å². The minimum absolute atomic E-state index is 0.0111. The molecule has 1 aromatic carbocycles. The summed E-state index contributed by atoms with van der Waals surface area (Å²) in [5.74, 6) is 1.82. The minimum Gasteiger partial charge on any atom is -0.441 e. The molecule has 4 heteroatoms. The Hall–Kier alpha value is -1.42. The molecule has 0 fully saturated rings. The minimum atomic E-state index is -0.0111. The fraction of sp³-hybridized carbons (Fsp3) is 0.750. The van der Waals surface area contributed by atoms with E-state index in [0.717, 1.165) is 30.8 Å². The van der Waals surface area contributed by atoms with E-state index in [4.69, 9.17) is 10.5 Å². The summed E-state index contributed by atoms with van der Waals surface area (Å²) in [5, 5.41) is -0.0111. The van der Waals surface area contributed by atoms with Crippen LogP contribution in [0.3, 0.4) is 0 Å². The van der Waals surface area contributed by atoms with E-state index in [1.54, 1.807) is 0 Å². The summed E-state index contributed by atoms with van der Waals surface area (Å²) in [5.41, 5.74) is 7.24. The zero-order chi connectivity index (χ0) is 28.9. The van der Waals surface area contributed by atoms with Crippen molar-refractivity contribution in [1.82, 2.24) is 0 Å². The molecule has 0 saturated heterocycles. The SMILES string of the molecule is CCCCCCCCCCCCCCCCCCSC(=O)C=C(N)Oc1ccccc1CCCCCCCCC. The Kier molecular flexibility index (Phi) is 25.4. The Morgan fingerprint density at radius 2 is 1.07 bits per heavy atom. The Labute approximate surface area is 252 Å². The van der Waals surface area contributed by atoms with Crippen LogP contribution in [0.4, 0.5) is 0 Å². The van der Waals surface area contributed by atoms with Crippen molar-refractivity contribution in [2.45, 2.75) is 168 Å². The number of para-hydroxylation sites is 1. The van der Waals surface area contributed by atoms with Gasteiger partial charge in [0.25, 0.3) is 0 Å². The van der Waals surface area contributed by atoms with Crippen molar-refractivity contribution in [2.24, 2.45) is 5.73 Å². The van der Waals surface area contributed by atoms with Crippen molar-refractivity contribution < 1.29 is 9.53 Å². The zero-order valence-corrected chi connectivity index (χ0v) is 27.2. The number of aryl methyl sites for hydroxylation is 1. The fourth-order valence-corrected chi connectivity index (χ4v) is 5.97. The van der Waals surface area contributed by atoms with Crippen molar-refractivity contribution in [2.75, 3.05) is 5.75 Å². The van der Waals surface area contributed by atoms with Crippen LogP contribution >= 0.6 is 11.8 Å². The highest BCUT2D eigenvalue weighted by Gasteiger charge is 2.07.